The molecular formula is C25H38N7O3+. The third kappa shape index (κ3) is 5.71. The number of nitrogens with one attached hydrogen (secondary N) is 3. The number of aryl methyl sites for hydroxylation is 1. The lowest BCUT2D eigenvalue weighted by atomic mass is 9.93. The first-order valence-electron chi connectivity index (χ1n) is 12.5. The second kappa shape index (κ2) is 11.7. The molecule has 0 radical (unpaired) electrons. The molecule has 0 spiro atoms. The highest BCUT2D eigenvalue weighted by molar-refractivity contribution is 5.92. The van der Waals surface area contributed by atoms with Crippen LogP contribution in [0.5, 0.6) is 5.75 Å². The fourth-order valence-corrected chi connectivity index (χ4v) is 5.06. The van der Waals surface area contributed by atoms with Gasteiger partial charge in [-0.05, 0) is 25.0 Å². The second-order valence-corrected chi connectivity index (χ2v) is 9.73. The highest BCUT2D eigenvalue weighted by Gasteiger charge is 2.38. The van der Waals surface area contributed by atoms with Crippen LogP contribution >= 0.6 is 0 Å². The lowest BCUT2D eigenvalue weighted by Crippen LogP contribution is -3.19. The molecule has 1 aromatic carbocycles. The number of H-pyrrole nitrogens is 1. The van der Waals surface area contributed by atoms with Gasteiger partial charge in [-0.2, -0.15) is 5.10 Å². The molecule has 35 heavy (non-hydrogen) atoms. The number of unbranched alkanes of at least 4 members (excludes halogenated alkanes) is 1. The number of methoxy groups -OCH3 is 2. The van der Waals surface area contributed by atoms with E-state index >= 15 is 0 Å². The number of hydrogen-bond donors (Lipinski definition) is 3. The van der Waals surface area contributed by atoms with Crippen LogP contribution in [0.3, 0.4) is 0 Å². The third-order valence-corrected chi connectivity index (χ3v) is 6.73. The zero-order chi connectivity index (χ0) is 24.8. The van der Waals surface area contributed by atoms with Gasteiger partial charge in [0.2, 0.25) is 5.82 Å². The number of rotatable bonds is 11. The van der Waals surface area contributed by atoms with Gasteiger partial charge in [0, 0.05) is 51.6 Å². The number of piperidine rings is 1. The van der Waals surface area contributed by atoms with Crippen molar-refractivity contribution in [3.05, 3.63) is 36.2 Å². The predicted molar refractivity (Wildman–Crippen MR) is 133 cm³/mol. The fraction of sp³-hybridized carbons (Fsp3) is 0.600. The predicted octanol–water partition coefficient (Wildman–Crippen LogP) is 1.42. The number of imidazole rings is 1. The number of amides is 1. The molecule has 4 rings (SSSR count). The van der Waals surface area contributed by atoms with Gasteiger partial charge in [0.05, 0.1) is 19.2 Å². The van der Waals surface area contributed by atoms with Gasteiger partial charge in [-0.25, -0.2) is 14.8 Å². The number of fused-ring (bicyclic) bond motifs is 1. The highest BCUT2D eigenvalue weighted by Crippen LogP contribution is 2.26. The Hall–Kier alpha value is -2.82. The molecule has 3 N–H and O–H groups in total. The molecule has 190 valence electrons. The van der Waals surface area contributed by atoms with E-state index in [0.717, 1.165) is 60.7 Å². The maximum absolute atomic E-state index is 14.2. The molecule has 0 aliphatic carbocycles. The summed E-state index contributed by atoms with van der Waals surface area (Å²) in [6.07, 6.45) is 4.21. The number of hydrogen-bond acceptors (Lipinski definition) is 7. The Morgan fingerprint density at radius 3 is 2.83 bits per heavy atom. The summed E-state index contributed by atoms with van der Waals surface area (Å²) in [5.41, 5.74) is 1.66. The van der Waals surface area contributed by atoms with E-state index in [-0.39, 0.29) is 17.9 Å². The number of para-hydroxylation sites is 1. The number of aromatic nitrogens is 5. The van der Waals surface area contributed by atoms with E-state index in [1.54, 1.807) is 20.5 Å². The van der Waals surface area contributed by atoms with Crippen LogP contribution in [0.15, 0.2) is 24.5 Å². The molecule has 3 heterocycles. The standard InChI is InChI=1S/C25H37N7O3/c1-17(2)15-32(19-12-18(13-26-14-19)23-27-16-28-30-23)25(33)24-29-22-20(8-7-9-21(22)35-4)31(24)10-5-6-11-34-3/h7-9,16-19,26H,5-6,10-15H2,1-4H3,(H,27,28,30)/p+1. The molecule has 3 unspecified atom stereocenters. The molecule has 1 fully saturated rings. The second-order valence-electron chi connectivity index (χ2n) is 9.73. The van der Waals surface area contributed by atoms with E-state index in [9.17, 15) is 4.79 Å². The van der Waals surface area contributed by atoms with Crippen molar-refractivity contribution in [1.29, 1.82) is 0 Å². The van der Waals surface area contributed by atoms with E-state index in [2.05, 4.69) is 38.9 Å². The summed E-state index contributed by atoms with van der Waals surface area (Å²) in [6, 6.07) is 5.97. The van der Waals surface area contributed by atoms with Crippen molar-refractivity contribution in [2.45, 2.75) is 51.6 Å². The monoisotopic (exact) mass is 484 g/mol. The number of ether oxygens (including phenoxy) is 2. The van der Waals surface area contributed by atoms with Crippen LogP contribution in [0.2, 0.25) is 0 Å². The SMILES string of the molecule is COCCCCn1c(C(=O)[NH+](CC(C)C)C2CNCC(c3ncn[nH]3)C2)nc2c(OC)cccc21. The summed E-state index contributed by atoms with van der Waals surface area (Å²) < 4.78 is 12.9. The number of benzene rings is 1. The molecule has 10 nitrogen and oxygen atoms in total. The Balaban J connectivity index is 1.67. The Morgan fingerprint density at radius 2 is 2.11 bits per heavy atom. The van der Waals surface area contributed by atoms with Crippen LogP contribution in [-0.4, -0.2) is 77.1 Å². The number of carbonyl (C=O) groups excluding carboxylic acids is 1. The number of nitrogens with zero attached hydrogens (tertiary/aromatic N) is 4. The Bertz CT molecular complexity index is 1100. The van der Waals surface area contributed by atoms with Crippen molar-refractivity contribution >= 4 is 16.9 Å². The van der Waals surface area contributed by atoms with Crippen molar-refractivity contribution in [2.24, 2.45) is 5.92 Å². The van der Waals surface area contributed by atoms with E-state index in [0.29, 0.717) is 30.6 Å². The van der Waals surface area contributed by atoms with Crippen molar-refractivity contribution < 1.29 is 19.2 Å². The molecule has 1 amide bonds. The van der Waals surface area contributed by atoms with Gasteiger partial charge in [-0.3, -0.25) is 10.00 Å². The topological polar surface area (TPSA) is 111 Å². The minimum atomic E-state index is 0.0358. The fourth-order valence-electron chi connectivity index (χ4n) is 5.06. The Kier molecular flexibility index (Phi) is 8.48. The Morgan fingerprint density at radius 1 is 1.26 bits per heavy atom. The number of carbonyl (C=O) groups is 1. The number of aromatic amines is 1. The van der Waals surface area contributed by atoms with Crippen molar-refractivity contribution in [1.82, 2.24) is 30.0 Å². The maximum atomic E-state index is 14.2. The normalized spacial score (nSPS) is 19.3. The molecule has 1 saturated heterocycles. The lowest BCUT2D eigenvalue weighted by molar-refractivity contribution is -0.846. The molecule has 3 atom stereocenters. The average molecular weight is 485 g/mol. The maximum Gasteiger partial charge on any atom is 0.380 e. The van der Waals surface area contributed by atoms with Crippen LogP contribution in [0.1, 0.15) is 55.5 Å². The van der Waals surface area contributed by atoms with Crippen LogP contribution in [0.4, 0.5) is 0 Å². The van der Waals surface area contributed by atoms with E-state index in [1.807, 2.05) is 18.2 Å². The van der Waals surface area contributed by atoms with Crippen molar-refractivity contribution in [3.63, 3.8) is 0 Å². The summed E-state index contributed by atoms with van der Waals surface area (Å²) in [5.74, 6) is 2.64. The smallest absolute Gasteiger partial charge is 0.380 e. The summed E-state index contributed by atoms with van der Waals surface area (Å²) in [7, 11) is 3.35. The van der Waals surface area contributed by atoms with E-state index in [1.165, 1.54) is 0 Å². The Labute approximate surface area is 206 Å². The van der Waals surface area contributed by atoms with Crippen LogP contribution in [-0.2, 0) is 11.3 Å². The highest BCUT2D eigenvalue weighted by atomic mass is 16.5. The average Bonchev–Trinajstić information content (AvgIpc) is 3.53. The zero-order valence-electron chi connectivity index (χ0n) is 21.2. The first-order valence-corrected chi connectivity index (χ1v) is 12.5. The van der Waals surface area contributed by atoms with Gasteiger partial charge in [-0.1, -0.05) is 19.9 Å². The summed E-state index contributed by atoms with van der Waals surface area (Å²) in [5, 5.41) is 10.5. The minimum absolute atomic E-state index is 0.0358. The molecule has 10 heteroatoms. The van der Waals surface area contributed by atoms with Gasteiger partial charge in [0.1, 0.15) is 29.5 Å². The summed E-state index contributed by atoms with van der Waals surface area (Å²) in [4.78, 5) is 24.4. The lowest BCUT2D eigenvalue weighted by Gasteiger charge is -2.34. The molecule has 0 bridgehead atoms. The van der Waals surface area contributed by atoms with Crippen LogP contribution < -0.4 is 15.0 Å². The largest absolute Gasteiger partial charge is 0.494 e. The summed E-state index contributed by atoms with van der Waals surface area (Å²) >= 11 is 0. The molecule has 1 aliphatic heterocycles. The molecule has 1 aliphatic rings. The molecule has 0 saturated carbocycles. The minimum Gasteiger partial charge on any atom is -0.494 e. The zero-order valence-corrected chi connectivity index (χ0v) is 21.2. The van der Waals surface area contributed by atoms with Gasteiger partial charge in [0.15, 0.2) is 0 Å². The first-order chi connectivity index (χ1) is 17.0. The van der Waals surface area contributed by atoms with Gasteiger partial charge < -0.3 is 19.4 Å². The quantitative estimate of drug-likeness (QED) is 0.353. The molecule has 2 aromatic heterocycles. The van der Waals surface area contributed by atoms with Crippen molar-refractivity contribution in [2.75, 3.05) is 40.5 Å². The van der Waals surface area contributed by atoms with Gasteiger partial charge in [0.25, 0.3) is 0 Å². The summed E-state index contributed by atoms with van der Waals surface area (Å²) in [6.45, 7) is 8.05. The van der Waals surface area contributed by atoms with E-state index in [4.69, 9.17) is 14.5 Å². The van der Waals surface area contributed by atoms with Crippen LogP contribution in [0, 0.1) is 5.92 Å². The van der Waals surface area contributed by atoms with Crippen molar-refractivity contribution in [3.8, 4) is 5.75 Å². The van der Waals surface area contributed by atoms with E-state index < -0.39 is 0 Å². The molecular weight excluding hydrogens is 446 g/mol. The number of quaternary nitrogens is 1. The third-order valence-electron chi connectivity index (χ3n) is 6.73. The van der Waals surface area contributed by atoms with Gasteiger partial charge in [-0.15, -0.1) is 0 Å². The van der Waals surface area contributed by atoms with Crippen LogP contribution in [0.25, 0.3) is 11.0 Å². The first kappa shape index (κ1) is 25.3. The van der Waals surface area contributed by atoms with Gasteiger partial charge >= 0.3 is 5.91 Å². The molecule has 3 aromatic rings.